The van der Waals surface area contributed by atoms with Gasteiger partial charge in [-0.25, -0.2) is 0 Å². The van der Waals surface area contributed by atoms with Gasteiger partial charge in [-0.1, -0.05) is 182 Å². The van der Waals surface area contributed by atoms with Crippen LogP contribution < -0.4 is 4.90 Å². The van der Waals surface area contributed by atoms with Crippen molar-refractivity contribution >= 4 is 82.1 Å². The Bertz CT molecular complexity index is 3450. The minimum atomic E-state index is 0.846. The van der Waals surface area contributed by atoms with Crippen LogP contribution in [0.3, 0.4) is 0 Å². The summed E-state index contributed by atoms with van der Waals surface area (Å²) in [5.41, 5.74) is 11.7. The average molecular weight is 764 g/mol. The number of rotatable bonds is 6. The molecule has 280 valence electrons. The van der Waals surface area contributed by atoms with E-state index in [1.807, 2.05) is 0 Å². The average Bonchev–Trinajstić information content (AvgIpc) is 3.71. The SMILES string of the molecule is c1ccc(-c2cccc3c2oc2c(N(c4cccc(-c5cc6ccccc6c6ccccc56)c4)c4cccc(-c5cc6ccccc6c6ccccc56)c4)cccc23)cc1. The zero-order valence-electron chi connectivity index (χ0n) is 32.7. The van der Waals surface area contributed by atoms with Crippen LogP contribution in [0.15, 0.2) is 229 Å². The van der Waals surface area contributed by atoms with E-state index in [-0.39, 0.29) is 0 Å². The monoisotopic (exact) mass is 763 g/mol. The zero-order chi connectivity index (χ0) is 39.6. The lowest BCUT2D eigenvalue weighted by molar-refractivity contribution is 0.670. The first-order valence-electron chi connectivity index (χ1n) is 20.6. The molecule has 0 aliphatic heterocycles. The van der Waals surface area contributed by atoms with E-state index in [0.717, 1.165) is 61.3 Å². The highest BCUT2D eigenvalue weighted by Crippen LogP contribution is 2.46. The van der Waals surface area contributed by atoms with Crippen molar-refractivity contribution < 1.29 is 4.42 Å². The molecule has 0 unspecified atom stereocenters. The Kier molecular flexibility index (Phi) is 7.89. The molecule has 60 heavy (non-hydrogen) atoms. The minimum Gasteiger partial charge on any atom is -0.453 e. The standard InChI is InChI=1S/C58H37NO/c1-2-16-38(17-3-1)47-30-14-31-52-53-32-15-33-56(58(53)60-57(47)52)59(43-22-12-20-39(34-43)54-36-41-18-4-6-24-45(41)48-26-8-10-28-50(48)54)44-23-13-21-40(35-44)55-37-42-19-5-7-25-46(42)49-27-9-11-29-51(49)55/h1-37H. The van der Waals surface area contributed by atoms with Crippen molar-refractivity contribution in [3.05, 3.63) is 224 Å². The molecule has 0 fully saturated rings. The van der Waals surface area contributed by atoms with Crippen LogP contribution in [0.5, 0.6) is 0 Å². The van der Waals surface area contributed by atoms with Gasteiger partial charge in [0.25, 0.3) is 0 Å². The summed E-state index contributed by atoms with van der Waals surface area (Å²) in [4.78, 5) is 2.38. The van der Waals surface area contributed by atoms with Gasteiger partial charge in [-0.05, 0) is 113 Å². The second-order valence-corrected chi connectivity index (χ2v) is 15.6. The molecule has 11 aromatic carbocycles. The molecule has 0 atom stereocenters. The third-order valence-electron chi connectivity index (χ3n) is 12.2. The maximum atomic E-state index is 7.09. The Morgan fingerprint density at radius 3 is 1.28 bits per heavy atom. The summed E-state index contributed by atoms with van der Waals surface area (Å²) in [5, 5.41) is 12.1. The van der Waals surface area contributed by atoms with Crippen LogP contribution in [-0.4, -0.2) is 0 Å². The van der Waals surface area contributed by atoms with E-state index < -0.39 is 0 Å². The largest absolute Gasteiger partial charge is 0.453 e. The smallest absolute Gasteiger partial charge is 0.159 e. The fraction of sp³-hybridized carbons (Fsp3) is 0. The van der Waals surface area contributed by atoms with Gasteiger partial charge in [-0.15, -0.1) is 0 Å². The molecule has 0 N–H and O–H groups in total. The van der Waals surface area contributed by atoms with Crippen molar-refractivity contribution in [2.75, 3.05) is 4.90 Å². The Morgan fingerprint density at radius 2 is 0.700 bits per heavy atom. The van der Waals surface area contributed by atoms with Gasteiger partial charge in [0, 0.05) is 27.7 Å². The molecule has 12 aromatic rings. The molecule has 0 saturated heterocycles. The summed E-state index contributed by atoms with van der Waals surface area (Å²) < 4.78 is 7.09. The molecule has 1 aromatic heterocycles. The van der Waals surface area contributed by atoms with Crippen molar-refractivity contribution in [3.8, 4) is 33.4 Å². The summed E-state index contributed by atoms with van der Waals surface area (Å²) in [6, 6.07) is 81.2. The lowest BCUT2D eigenvalue weighted by atomic mass is 9.92. The molecule has 0 spiro atoms. The molecule has 0 aliphatic carbocycles. The van der Waals surface area contributed by atoms with E-state index in [0.29, 0.717) is 0 Å². The number of hydrogen-bond acceptors (Lipinski definition) is 2. The Balaban J connectivity index is 1.11. The van der Waals surface area contributed by atoms with Gasteiger partial charge in [-0.3, -0.25) is 0 Å². The number of nitrogens with zero attached hydrogens (tertiary/aromatic N) is 1. The van der Waals surface area contributed by atoms with E-state index in [1.54, 1.807) is 0 Å². The number of anilines is 3. The molecular formula is C58H37NO. The molecule has 0 aliphatic rings. The number of para-hydroxylation sites is 2. The fourth-order valence-electron chi connectivity index (χ4n) is 9.46. The molecule has 0 bridgehead atoms. The molecule has 0 radical (unpaired) electrons. The van der Waals surface area contributed by atoms with Crippen molar-refractivity contribution in [2.24, 2.45) is 0 Å². The van der Waals surface area contributed by atoms with Crippen molar-refractivity contribution in [1.29, 1.82) is 0 Å². The number of benzene rings is 11. The predicted octanol–water partition coefficient (Wildman–Crippen LogP) is 16.7. The quantitative estimate of drug-likeness (QED) is 0.157. The van der Waals surface area contributed by atoms with E-state index in [1.165, 1.54) is 54.2 Å². The van der Waals surface area contributed by atoms with Gasteiger partial charge in [-0.2, -0.15) is 0 Å². The minimum absolute atomic E-state index is 0.846. The summed E-state index contributed by atoms with van der Waals surface area (Å²) in [5.74, 6) is 0. The number of hydrogen-bond donors (Lipinski definition) is 0. The van der Waals surface area contributed by atoms with Crippen LogP contribution in [0.1, 0.15) is 0 Å². The van der Waals surface area contributed by atoms with Crippen LogP contribution in [0, 0.1) is 0 Å². The summed E-state index contributed by atoms with van der Waals surface area (Å²) >= 11 is 0. The van der Waals surface area contributed by atoms with Gasteiger partial charge in [0.2, 0.25) is 0 Å². The highest BCUT2D eigenvalue weighted by atomic mass is 16.3. The summed E-state index contributed by atoms with van der Waals surface area (Å²) in [6.07, 6.45) is 0. The van der Waals surface area contributed by atoms with Crippen LogP contribution in [0.25, 0.3) is 98.4 Å². The zero-order valence-corrected chi connectivity index (χ0v) is 32.7. The van der Waals surface area contributed by atoms with Crippen LogP contribution >= 0.6 is 0 Å². The third-order valence-corrected chi connectivity index (χ3v) is 12.2. The van der Waals surface area contributed by atoms with E-state index in [9.17, 15) is 0 Å². The van der Waals surface area contributed by atoms with Gasteiger partial charge in [0.05, 0.1) is 5.69 Å². The van der Waals surface area contributed by atoms with E-state index >= 15 is 0 Å². The first-order valence-corrected chi connectivity index (χ1v) is 20.6. The van der Waals surface area contributed by atoms with Gasteiger partial charge in [0.1, 0.15) is 5.58 Å². The van der Waals surface area contributed by atoms with Gasteiger partial charge in [0.15, 0.2) is 5.58 Å². The third kappa shape index (κ3) is 5.50. The van der Waals surface area contributed by atoms with Crippen LogP contribution in [0.4, 0.5) is 17.1 Å². The van der Waals surface area contributed by atoms with E-state index in [4.69, 9.17) is 4.42 Å². The molecule has 0 amide bonds. The lowest BCUT2D eigenvalue weighted by Crippen LogP contribution is -2.10. The van der Waals surface area contributed by atoms with Crippen molar-refractivity contribution in [1.82, 2.24) is 0 Å². The predicted molar refractivity (Wildman–Crippen MR) is 255 cm³/mol. The lowest BCUT2D eigenvalue weighted by Gasteiger charge is -2.27. The highest BCUT2D eigenvalue weighted by Gasteiger charge is 2.22. The number of fused-ring (bicyclic) bond motifs is 9. The highest BCUT2D eigenvalue weighted by molar-refractivity contribution is 6.16. The maximum Gasteiger partial charge on any atom is 0.159 e. The molecule has 12 rings (SSSR count). The van der Waals surface area contributed by atoms with Gasteiger partial charge >= 0.3 is 0 Å². The normalized spacial score (nSPS) is 11.7. The number of furan rings is 1. The maximum absolute atomic E-state index is 7.09. The fourth-order valence-corrected chi connectivity index (χ4v) is 9.46. The molecule has 0 saturated carbocycles. The molecule has 2 heteroatoms. The molecular weight excluding hydrogens is 727 g/mol. The summed E-state index contributed by atoms with van der Waals surface area (Å²) in [6.45, 7) is 0. The van der Waals surface area contributed by atoms with E-state index in [2.05, 4.69) is 229 Å². The Hall–Kier alpha value is -7.94. The first-order chi connectivity index (χ1) is 29.8. The van der Waals surface area contributed by atoms with Gasteiger partial charge < -0.3 is 9.32 Å². The second kappa shape index (κ2) is 13.9. The Morgan fingerprint density at radius 1 is 0.267 bits per heavy atom. The van der Waals surface area contributed by atoms with Crippen LogP contribution in [-0.2, 0) is 0 Å². The molecule has 1 heterocycles. The second-order valence-electron chi connectivity index (χ2n) is 15.6. The van der Waals surface area contributed by atoms with Crippen molar-refractivity contribution in [3.63, 3.8) is 0 Å². The summed E-state index contributed by atoms with van der Waals surface area (Å²) in [7, 11) is 0. The topological polar surface area (TPSA) is 16.4 Å². The Labute approximate surface area is 347 Å². The first kappa shape index (κ1) is 34.1. The molecule has 2 nitrogen and oxygen atoms in total. The van der Waals surface area contributed by atoms with Crippen molar-refractivity contribution in [2.45, 2.75) is 0 Å². The van der Waals surface area contributed by atoms with Crippen LogP contribution in [0.2, 0.25) is 0 Å².